The van der Waals surface area contributed by atoms with Crippen LogP contribution in [0.25, 0.3) is 0 Å². The zero-order chi connectivity index (χ0) is 16.8. The second-order valence-electron chi connectivity index (χ2n) is 7.81. The van der Waals surface area contributed by atoms with E-state index >= 15 is 0 Å². The van der Waals surface area contributed by atoms with Crippen LogP contribution in [0.4, 0.5) is 10.3 Å². The number of rotatable bonds is 2. The summed E-state index contributed by atoms with van der Waals surface area (Å²) in [6.45, 7) is 3.41. The van der Waals surface area contributed by atoms with Gasteiger partial charge in [0.2, 0.25) is 10.3 Å². The molecule has 3 saturated heterocycles. The lowest BCUT2D eigenvalue weighted by Crippen LogP contribution is -2.59. The molecule has 6 heteroatoms. The minimum atomic E-state index is 0.578. The lowest BCUT2D eigenvalue weighted by Gasteiger charge is -2.55. The van der Waals surface area contributed by atoms with Crippen molar-refractivity contribution in [3.8, 4) is 0 Å². The number of fused-ring (bicyclic) bond motifs is 4. The van der Waals surface area contributed by atoms with Gasteiger partial charge in [-0.2, -0.15) is 0 Å². The number of nitrogens with zero attached hydrogens (tertiary/aromatic N) is 4. The number of hydrogen-bond acceptors (Lipinski definition) is 6. The fraction of sp³-hybridized carbons (Fsp3) is 0.579. The molecule has 2 bridgehead atoms. The number of piperidine rings is 3. The Morgan fingerprint density at radius 2 is 1.92 bits per heavy atom. The highest BCUT2D eigenvalue weighted by Gasteiger charge is 2.45. The molecule has 0 saturated carbocycles. The number of benzene rings is 1. The molecule has 3 aliphatic rings. The Kier molecular flexibility index (Phi) is 3.90. The highest BCUT2D eigenvalue weighted by atomic mass is 32.1. The summed E-state index contributed by atoms with van der Waals surface area (Å²) >= 11 is 1.53. The summed E-state index contributed by atoms with van der Waals surface area (Å²) in [5.41, 5.74) is 7.30. The first-order valence-electron chi connectivity index (χ1n) is 9.42. The third-order valence-electron chi connectivity index (χ3n) is 6.27. The zero-order valence-electron chi connectivity index (χ0n) is 14.4. The van der Waals surface area contributed by atoms with Gasteiger partial charge in [-0.05, 0) is 43.1 Å². The highest BCUT2D eigenvalue weighted by Crippen LogP contribution is 2.45. The summed E-state index contributed by atoms with van der Waals surface area (Å²) in [6, 6.07) is 12.4. The van der Waals surface area contributed by atoms with Gasteiger partial charge in [-0.25, -0.2) is 0 Å². The summed E-state index contributed by atoms with van der Waals surface area (Å²) in [7, 11) is 0. The van der Waals surface area contributed by atoms with Crippen molar-refractivity contribution in [2.45, 2.75) is 37.8 Å². The number of aromatic nitrogens is 2. The van der Waals surface area contributed by atoms with Gasteiger partial charge in [0.1, 0.15) is 0 Å². The minimum Gasteiger partial charge on any atom is -0.374 e. The van der Waals surface area contributed by atoms with Crippen molar-refractivity contribution in [1.29, 1.82) is 0 Å². The van der Waals surface area contributed by atoms with Gasteiger partial charge < -0.3 is 10.6 Å². The molecule has 4 atom stereocenters. The summed E-state index contributed by atoms with van der Waals surface area (Å²) in [5.74, 6) is 1.47. The molecule has 0 spiro atoms. The van der Waals surface area contributed by atoms with Crippen molar-refractivity contribution < 1.29 is 0 Å². The van der Waals surface area contributed by atoms with E-state index in [4.69, 9.17) is 5.73 Å². The SMILES string of the molecule is Nc1nnc(N2C[C@@H]3C[C@H](C2)[C@@H]2CCC[C@H](c4ccccc4)N2C3)s1. The molecular weight excluding hydrogens is 330 g/mol. The van der Waals surface area contributed by atoms with Crippen LogP contribution in [0.1, 0.15) is 37.3 Å². The Hall–Kier alpha value is -1.66. The summed E-state index contributed by atoms with van der Waals surface area (Å²) in [4.78, 5) is 5.28. The van der Waals surface area contributed by atoms with E-state index in [1.165, 1.54) is 49.1 Å². The van der Waals surface area contributed by atoms with E-state index in [1.807, 2.05) is 0 Å². The van der Waals surface area contributed by atoms with Gasteiger partial charge in [0, 0.05) is 31.7 Å². The lowest BCUT2D eigenvalue weighted by molar-refractivity contribution is -0.0199. The molecule has 2 aromatic rings. The molecule has 0 radical (unpaired) electrons. The summed E-state index contributed by atoms with van der Waals surface area (Å²) in [6.07, 6.45) is 5.35. The maximum Gasteiger partial charge on any atom is 0.210 e. The molecule has 1 aromatic heterocycles. The van der Waals surface area contributed by atoms with Crippen molar-refractivity contribution in [3.05, 3.63) is 35.9 Å². The van der Waals surface area contributed by atoms with E-state index in [9.17, 15) is 0 Å². The average Bonchev–Trinajstić information content (AvgIpc) is 3.08. The zero-order valence-corrected chi connectivity index (χ0v) is 15.2. The van der Waals surface area contributed by atoms with Crippen LogP contribution in [-0.2, 0) is 0 Å². The van der Waals surface area contributed by atoms with Crippen LogP contribution in [0, 0.1) is 11.8 Å². The third-order valence-corrected chi connectivity index (χ3v) is 7.08. The molecule has 25 heavy (non-hydrogen) atoms. The van der Waals surface area contributed by atoms with Crippen molar-refractivity contribution in [3.63, 3.8) is 0 Å². The van der Waals surface area contributed by atoms with Crippen LogP contribution in [0.2, 0.25) is 0 Å². The maximum absolute atomic E-state index is 5.80. The number of nitrogens with two attached hydrogens (primary N) is 1. The van der Waals surface area contributed by atoms with E-state index in [0.29, 0.717) is 17.2 Å². The van der Waals surface area contributed by atoms with Crippen molar-refractivity contribution >= 4 is 21.6 Å². The first kappa shape index (κ1) is 15.6. The molecule has 5 rings (SSSR count). The Bertz CT molecular complexity index is 732. The second kappa shape index (κ2) is 6.25. The number of nitrogen functional groups attached to an aromatic ring is 1. The normalized spacial score (nSPS) is 32.4. The fourth-order valence-electron chi connectivity index (χ4n) is 5.35. The predicted molar refractivity (Wildman–Crippen MR) is 102 cm³/mol. The highest BCUT2D eigenvalue weighted by molar-refractivity contribution is 7.18. The average molecular weight is 356 g/mol. The Labute approximate surface area is 152 Å². The van der Waals surface area contributed by atoms with Crippen LogP contribution in [0.3, 0.4) is 0 Å². The van der Waals surface area contributed by atoms with Crippen LogP contribution in [-0.4, -0.2) is 40.8 Å². The summed E-state index contributed by atoms with van der Waals surface area (Å²) in [5, 5.41) is 9.89. The molecule has 5 nitrogen and oxygen atoms in total. The van der Waals surface area contributed by atoms with Crippen LogP contribution in [0.15, 0.2) is 30.3 Å². The van der Waals surface area contributed by atoms with E-state index < -0.39 is 0 Å². The van der Waals surface area contributed by atoms with Gasteiger partial charge in [-0.1, -0.05) is 41.7 Å². The Morgan fingerprint density at radius 1 is 1.04 bits per heavy atom. The maximum atomic E-state index is 5.80. The van der Waals surface area contributed by atoms with Gasteiger partial charge in [0.25, 0.3) is 0 Å². The molecule has 4 heterocycles. The van der Waals surface area contributed by atoms with Crippen LogP contribution < -0.4 is 10.6 Å². The van der Waals surface area contributed by atoms with Gasteiger partial charge in [0.15, 0.2) is 0 Å². The second-order valence-corrected chi connectivity index (χ2v) is 8.80. The molecule has 3 aliphatic heterocycles. The molecule has 0 amide bonds. The predicted octanol–water partition coefficient (Wildman–Crippen LogP) is 3.17. The van der Waals surface area contributed by atoms with Crippen molar-refractivity contribution in [1.82, 2.24) is 15.1 Å². The number of anilines is 2. The third kappa shape index (κ3) is 2.81. The van der Waals surface area contributed by atoms with E-state index in [-0.39, 0.29) is 0 Å². The fourth-order valence-corrected chi connectivity index (χ4v) is 5.98. The first-order chi connectivity index (χ1) is 12.3. The molecule has 3 fully saturated rings. The number of hydrogen-bond donors (Lipinski definition) is 1. The quantitative estimate of drug-likeness (QED) is 0.897. The monoisotopic (exact) mass is 355 g/mol. The molecular formula is C19H25N5S. The Balaban J connectivity index is 1.39. The van der Waals surface area contributed by atoms with Crippen LogP contribution in [0.5, 0.6) is 0 Å². The summed E-state index contributed by atoms with van der Waals surface area (Å²) < 4.78 is 0. The Morgan fingerprint density at radius 3 is 2.72 bits per heavy atom. The first-order valence-corrected chi connectivity index (χ1v) is 10.2. The van der Waals surface area contributed by atoms with Crippen LogP contribution >= 0.6 is 11.3 Å². The molecule has 1 aromatic carbocycles. The molecule has 0 aliphatic carbocycles. The van der Waals surface area contributed by atoms with E-state index in [2.05, 4.69) is 50.3 Å². The standard InChI is InChI=1S/C19H25N5S/c20-18-21-22-19(25-18)23-10-13-9-15(12-23)17-8-4-7-16(24(17)11-13)14-5-2-1-3-6-14/h1-3,5-6,13,15-17H,4,7-12H2,(H2,20,21)/t13-,15+,16+,17-/m0/s1. The molecule has 2 N–H and O–H groups in total. The van der Waals surface area contributed by atoms with Crippen molar-refractivity contribution in [2.75, 3.05) is 30.3 Å². The van der Waals surface area contributed by atoms with E-state index in [0.717, 1.165) is 30.1 Å². The lowest BCUT2D eigenvalue weighted by atomic mass is 9.74. The largest absolute Gasteiger partial charge is 0.374 e. The van der Waals surface area contributed by atoms with Crippen molar-refractivity contribution in [2.24, 2.45) is 11.8 Å². The molecule has 132 valence electrons. The van der Waals surface area contributed by atoms with Gasteiger partial charge in [-0.3, -0.25) is 4.90 Å². The van der Waals surface area contributed by atoms with Gasteiger partial charge >= 0.3 is 0 Å². The minimum absolute atomic E-state index is 0.578. The topological polar surface area (TPSA) is 58.3 Å². The van der Waals surface area contributed by atoms with Gasteiger partial charge in [0.05, 0.1) is 0 Å². The molecule has 0 unspecified atom stereocenters. The van der Waals surface area contributed by atoms with Gasteiger partial charge in [-0.15, -0.1) is 10.2 Å². The smallest absolute Gasteiger partial charge is 0.210 e. The van der Waals surface area contributed by atoms with E-state index in [1.54, 1.807) is 0 Å².